The van der Waals surface area contributed by atoms with Gasteiger partial charge in [-0.15, -0.1) is 0 Å². The van der Waals surface area contributed by atoms with Crippen LogP contribution < -0.4 is 10.6 Å². The van der Waals surface area contributed by atoms with Crippen LogP contribution in [0.5, 0.6) is 0 Å². The van der Waals surface area contributed by atoms with Gasteiger partial charge < -0.3 is 39.9 Å². The number of aromatic amines is 2. The maximum absolute atomic E-state index is 14.0. The first kappa shape index (κ1) is 37.8. The van der Waals surface area contributed by atoms with Crippen molar-refractivity contribution in [2.45, 2.75) is 93.8 Å². The Kier molecular flexibility index (Phi) is 10.2. The molecule has 0 spiro atoms. The van der Waals surface area contributed by atoms with Gasteiger partial charge in [0.1, 0.15) is 22.7 Å². The number of hydrogen-bond acceptors (Lipinski definition) is 8. The van der Waals surface area contributed by atoms with Gasteiger partial charge in [-0.2, -0.15) is 0 Å². The molecule has 57 heavy (non-hydrogen) atoms. The molecule has 2 aromatic heterocycles. The Morgan fingerprint density at radius 2 is 1.40 bits per heavy atom. The summed E-state index contributed by atoms with van der Waals surface area (Å²) >= 11 is 0. The second-order valence-electron chi connectivity index (χ2n) is 15.7. The van der Waals surface area contributed by atoms with E-state index >= 15 is 0 Å². The molecule has 14 nitrogen and oxygen atoms in total. The van der Waals surface area contributed by atoms with Crippen molar-refractivity contribution in [2.24, 2.45) is 0 Å². The molecule has 4 aromatic rings. The van der Waals surface area contributed by atoms with E-state index in [0.717, 1.165) is 83.3 Å². The summed E-state index contributed by atoms with van der Waals surface area (Å²) in [5.41, 5.74) is 4.06. The van der Waals surface area contributed by atoms with Crippen LogP contribution in [0, 0.1) is 11.8 Å². The molecule has 0 unspecified atom stereocenters. The van der Waals surface area contributed by atoms with E-state index in [9.17, 15) is 19.2 Å². The second kappa shape index (κ2) is 15.4. The number of imidazole rings is 2. The van der Waals surface area contributed by atoms with Crippen molar-refractivity contribution >= 4 is 35.0 Å². The number of amides is 4. The minimum absolute atomic E-state index is 0.0685. The Hall–Kier alpha value is -6.10. The van der Waals surface area contributed by atoms with Gasteiger partial charge in [-0.25, -0.2) is 19.6 Å². The monoisotopic (exact) mass is 772 g/mol. The summed E-state index contributed by atoms with van der Waals surface area (Å²) in [4.78, 5) is 72.5. The molecule has 4 heterocycles. The lowest BCUT2D eigenvalue weighted by Gasteiger charge is -2.35. The van der Waals surface area contributed by atoms with Gasteiger partial charge in [-0.05, 0) is 80.8 Å². The summed E-state index contributed by atoms with van der Waals surface area (Å²) in [5, 5.41) is 5.71. The molecule has 296 valence electrons. The van der Waals surface area contributed by atoms with Gasteiger partial charge in [-0.1, -0.05) is 61.8 Å². The predicted molar refractivity (Wildman–Crippen MR) is 211 cm³/mol. The number of likely N-dealkylation sites (tertiary alicyclic amines) is 2. The highest BCUT2D eigenvalue weighted by molar-refractivity contribution is 5.92. The van der Waals surface area contributed by atoms with Crippen LogP contribution >= 0.6 is 0 Å². The molecule has 4 amide bonds. The van der Waals surface area contributed by atoms with E-state index < -0.39 is 23.3 Å². The van der Waals surface area contributed by atoms with E-state index in [4.69, 9.17) is 14.5 Å². The number of rotatable bonds is 7. The van der Waals surface area contributed by atoms with Crippen LogP contribution in [-0.4, -0.2) is 92.1 Å². The molecule has 14 heteroatoms. The fraction of sp³-hybridized carbons (Fsp3) is 0.442. The summed E-state index contributed by atoms with van der Waals surface area (Å²) in [6.45, 7) is 5.19. The lowest BCUT2D eigenvalue weighted by Crippen LogP contribution is -2.58. The summed E-state index contributed by atoms with van der Waals surface area (Å²) in [5.74, 6) is 7.74. The summed E-state index contributed by atoms with van der Waals surface area (Å²) in [6, 6.07) is 13.2. The van der Waals surface area contributed by atoms with E-state index in [0.29, 0.717) is 51.0 Å². The molecule has 2 saturated carbocycles. The molecule has 4 N–H and O–H groups in total. The number of alkyl carbamates (subject to hydrolysis) is 2. The SMILES string of the molecule is C=C1C[C@@H](c2ncc(-c3ccc(C#Cc4ccc5nc([C@@H]6CCCN6C(=O)C6(NC(=O)OC)CCCC6)[nH]c5c4)cc3)[nH]2)N(C(=O)C2(NC(=O)OC)CCCC2)C1. The van der Waals surface area contributed by atoms with Crippen molar-refractivity contribution in [3.05, 3.63) is 83.6 Å². The van der Waals surface area contributed by atoms with Crippen LogP contribution in [0.2, 0.25) is 0 Å². The number of carbonyl (C=O) groups excluding carboxylic acids is 4. The molecule has 4 fully saturated rings. The lowest BCUT2D eigenvalue weighted by molar-refractivity contribution is -0.139. The van der Waals surface area contributed by atoms with Crippen LogP contribution in [0.25, 0.3) is 22.3 Å². The average Bonchev–Trinajstić information content (AvgIpc) is 4.08. The van der Waals surface area contributed by atoms with Crippen molar-refractivity contribution in [1.82, 2.24) is 40.4 Å². The zero-order valence-electron chi connectivity index (χ0n) is 32.4. The van der Waals surface area contributed by atoms with Crippen LogP contribution in [0.1, 0.15) is 105 Å². The number of benzene rings is 2. The molecule has 2 aromatic carbocycles. The van der Waals surface area contributed by atoms with Gasteiger partial charge in [0, 0.05) is 24.2 Å². The maximum Gasteiger partial charge on any atom is 0.407 e. The van der Waals surface area contributed by atoms with Crippen molar-refractivity contribution < 1.29 is 28.7 Å². The number of hydrogen-bond donors (Lipinski definition) is 4. The molecular weight excluding hydrogens is 725 g/mol. The average molecular weight is 773 g/mol. The predicted octanol–water partition coefficient (Wildman–Crippen LogP) is 6.18. The van der Waals surface area contributed by atoms with Crippen molar-refractivity contribution in [3.63, 3.8) is 0 Å². The number of fused-ring (bicyclic) bond motifs is 1. The van der Waals surface area contributed by atoms with Crippen LogP contribution in [0.15, 0.2) is 60.8 Å². The molecule has 0 bridgehead atoms. The number of ether oxygens (including phenoxy) is 2. The van der Waals surface area contributed by atoms with E-state index in [1.807, 2.05) is 47.4 Å². The van der Waals surface area contributed by atoms with Gasteiger partial charge >= 0.3 is 12.2 Å². The van der Waals surface area contributed by atoms with Gasteiger partial charge in [-0.3, -0.25) is 9.59 Å². The van der Waals surface area contributed by atoms with Crippen LogP contribution in [-0.2, 0) is 19.1 Å². The Balaban J connectivity index is 0.945. The third kappa shape index (κ3) is 7.34. The molecule has 2 atom stereocenters. The molecule has 0 radical (unpaired) electrons. The van der Waals surface area contributed by atoms with Crippen LogP contribution in [0.4, 0.5) is 9.59 Å². The Morgan fingerprint density at radius 3 is 2.05 bits per heavy atom. The fourth-order valence-corrected chi connectivity index (χ4v) is 9.13. The highest BCUT2D eigenvalue weighted by Gasteiger charge is 2.50. The lowest BCUT2D eigenvalue weighted by atomic mass is 9.95. The maximum atomic E-state index is 14.0. The number of methoxy groups -OCH3 is 2. The first-order chi connectivity index (χ1) is 27.6. The van der Waals surface area contributed by atoms with Gasteiger partial charge in [0.15, 0.2) is 0 Å². The smallest absolute Gasteiger partial charge is 0.407 e. The Bertz CT molecular complexity index is 2270. The highest BCUT2D eigenvalue weighted by Crippen LogP contribution is 2.41. The zero-order valence-corrected chi connectivity index (χ0v) is 32.4. The number of nitrogens with zero attached hydrogens (tertiary/aromatic N) is 4. The molecule has 4 aliphatic rings. The Morgan fingerprint density at radius 1 is 0.789 bits per heavy atom. The van der Waals surface area contributed by atoms with E-state index in [1.54, 1.807) is 11.1 Å². The first-order valence-corrected chi connectivity index (χ1v) is 19.8. The largest absolute Gasteiger partial charge is 0.453 e. The Labute approximate surface area is 331 Å². The molecule has 2 aliphatic heterocycles. The normalized spacial score (nSPS) is 21.0. The highest BCUT2D eigenvalue weighted by atomic mass is 16.5. The van der Waals surface area contributed by atoms with Crippen molar-refractivity contribution in [3.8, 4) is 23.1 Å². The van der Waals surface area contributed by atoms with Crippen molar-refractivity contribution in [2.75, 3.05) is 27.3 Å². The summed E-state index contributed by atoms with van der Waals surface area (Å²) in [6.07, 6.45) is 8.60. The van der Waals surface area contributed by atoms with Crippen molar-refractivity contribution in [1.29, 1.82) is 0 Å². The number of carbonyl (C=O) groups is 4. The van der Waals surface area contributed by atoms with E-state index in [1.165, 1.54) is 14.2 Å². The third-order valence-corrected chi connectivity index (χ3v) is 12.1. The molecular formula is C43H48N8O6. The standard InChI is InChI=1S/C43H48N8O6/c1-27-23-35(51(26-27)39(53)43(20-6-7-21-43)49-41(55)57-3)36-44-25-33(47-36)30-15-12-28(13-16-30)10-11-29-14-17-31-32(24-29)46-37(45-31)34-9-8-22-50(34)38(52)42(18-4-5-19-42)48-40(54)56-2/h12-17,24-25,34-35H,1,4-9,18-23,26H2,2-3H3,(H,44,47)(H,45,46)(H,48,54)(H,49,55)/t34-,35-/m0/s1. The molecule has 2 saturated heterocycles. The zero-order chi connectivity index (χ0) is 39.7. The number of H-pyrrole nitrogens is 2. The fourth-order valence-electron chi connectivity index (χ4n) is 9.13. The molecule has 8 rings (SSSR count). The minimum atomic E-state index is -0.987. The topological polar surface area (TPSA) is 175 Å². The second-order valence-corrected chi connectivity index (χ2v) is 15.7. The van der Waals surface area contributed by atoms with Crippen LogP contribution in [0.3, 0.4) is 0 Å². The minimum Gasteiger partial charge on any atom is -0.453 e. The quantitative estimate of drug-likeness (QED) is 0.127. The summed E-state index contributed by atoms with van der Waals surface area (Å²) in [7, 11) is 2.62. The number of nitrogens with one attached hydrogen (secondary N) is 4. The molecule has 2 aliphatic carbocycles. The number of aromatic nitrogens is 4. The van der Waals surface area contributed by atoms with Gasteiger partial charge in [0.2, 0.25) is 11.8 Å². The third-order valence-electron chi connectivity index (χ3n) is 12.1. The van der Waals surface area contributed by atoms with E-state index in [-0.39, 0.29) is 23.9 Å². The summed E-state index contributed by atoms with van der Waals surface area (Å²) < 4.78 is 9.72. The van der Waals surface area contributed by atoms with Gasteiger partial charge in [0.25, 0.3) is 0 Å². The first-order valence-electron chi connectivity index (χ1n) is 19.8. The van der Waals surface area contributed by atoms with E-state index in [2.05, 4.69) is 44.0 Å². The van der Waals surface area contributed by atoms with Gasteiger partial charge in [0.05, 0.1) is 49.2 Å².